The number of methoxy groups -OCH3 is 2. The highest BCUT2D eigenvalue weighted by Gasteiger charge is 2.49. The average molecular weight is 378 g/mol. The van der Waals surface area contributed by atoms with Crippen molar-refractivity contribution < 1.29 is 9.47 Å². The van der Waals surface area contributed by atoms with E-state index < -0.39 is 0 Å². The number of allylic oxidation sites excluding steroid dienone is 2. The second kappa shape index (κ2) is 5.33. The van der Waals surface area contributed by atoms with Crippen molar-refractivity contribution in [2.75, 3.05) is 14.2 Å². The quantitative estimate of drug-likeness (QED) is 0.360. The lowest BCUT2D eigenvalue weighted by Crippen LogP contribution is -2.29. The number of hydrogen-bond donors (Lipinski definition) is 0. The van der Waals surface area contributed by atoms with Crippen molar-refractivity contribution in [2.24, 2.45) is 0 Å². The molecule has 2 nitrogen and oxygen atoms in total. The highest BCUT2D eigenvalue weighted by atomic mass is 16.5. The first-order valence-corrected chi connectivity index (χ1v) is 10.5. The minimum Gasteiger partial charge on any atom is -0.496 e. The topological polar surface area (TPSA) is 18.5 Å². The zero-order chi connectivity index (χ0) is 19.3. The van der Waals surface area contributed by atoms with Gasteiger partial charge in [-0.1, -0.05) is 60.7 Å². The zero-order valence-electron chi connectivity index (χ0n) is 16.6. The van der Waals surface area contributed by atoms with Crippen molar-refractivity contribution in [3.05, 3.63) is 105 Å². The number of ether oxygens (including phenoxy) is 2. The van der Waals surface area contributed by atoms with Crippen LogP contribution in [0.3, 0.4) is 0 Å². The largest absolute Gasteiger partial charge is 0.496 e. The molecule has 2 atom stereocenters. The van der Waals surface area contributed by atoms with E-state index in [1.807, 2.05) is 14.2 Å². The first kappa shape index (κ1) is 15.9. The second-order valence-electron chi connectivity index (χ2n) is 8.68. The summed E-state index contributed by atoms with van der Waals surface area (Å²) in [5.41, 5.74) is 11.1. The van der Waals surface area contributed by atoms with Gasteiger partial charge in [0.25, 0.3) is 0 Å². The van der Waals surface area contributed by atoms with E-state index in [0.29, 0.717) is 11.8 Å². The Hall–Kier alpha value is -3.00. The van der Waals surface area contributed by atoms with Crippen molar-refractivity contribution in [2.45, 2.75) is 30.1 Å². The Morgan fingerprint density at radius 1 is 0.586 bits per heavy atom. The summed E-state index contributed by atoms with van der Waals surface area (Å²) in [4.78, 5) is 0. The van der Waals surface area contributed by atoms with E-state index in [0.717, 1.165) is 17.9 Å². The molecule has 5 aliphatic rings. The maximum Gasteiger partial charge on any atom is 0.127 e. The van der Waals surface area contributed by atoms with Crippen LogP contribution in [0.1, 0.15) is 74.6 Å². The Morgan fingerprint density at radius 3 is 1.31 bits per heavy atom. The predicted octanol–water partition coefficient (Wildman–Crippen LogP) is 5.83. The number of fused-ring (bicyclic) bond motifs is 5. The van der Waals surface area contributed by atoms with Crippen LogP contribution >= 0.6 is 0 Å². The van der Waals surface area contributed by atoms with E-state index in [2.05, 4.69) is 60.7 Å². The molecule has 0 aromatic heterocycles. The van der Waals surface area contributed by atoms with Gasteiger partial charge in [0.2, 0.25) is 0 Å². The van der Waals surface area contributed by atoms with E-state index in [1.165, 1.54) is 44.5 Å². The summed E-state index contributed by atoms with van der Waals surface area (Å²) in [5, 5.41) is 0. The SMILES string of the molecule is COc1c2c(c(OC)c3c1C1c4ccccc4C3c3ccccc31)[C@@H]1C=CC2C1. The number of benzene rings is 3. The molecule has 1 unspecified atom stereocenters. The van der Waals surface area contributed by atoms with E-state index >= 15 is 0 Å². The third-order valence-corrected chi connectivity index (χ3v) is 7.61. The lowest BCUT2D eigenvalue weighted by atomic mass is 9.59. The molecule has 0 saturated heterocycles. The summed E-state index contributed by atoms with van der Waals surface area (Å²) in [6.45, 7) is 0. The summed E-state index contributed by atoms with van der Waals surface area (Å²) >= 11 is 0. The van der Waals surface area contributed by atoms with Gasteiger partial charge in [0.1, 0.15) is 11.5 Å². The maximum atomic E-state index is 6.20. The lowest BCUT2D eigenvalue weighted by Gasteiger charge is -2.44. The molecular weight excluding hydrogens is 356 g/mol. The van der Waals surface area contributed by atoms with Crippen LogP contribution in [0.25, 0.3) is 0 Å². The molecular formula is C27H22O2. The standard InChI is InChI=1S/C27H22O2/c1-28-26-20-14-11-12-15(13-14)21(20)27(29-2)25-23-18-9-5-3-7-16(18)22(24(25)26)17-8-4-6-10-19(17)23/h3-12,14-15,22-23H,13H2,1-2H3/t14-,15?,22?,23?/m1/s1. The van der Waals surface area contributed by atoms with Crippen LogP contribution in [-0.2, 0) is 0 Å². The van der Waals surface area contributed by atoms with Crippen molar-refractivity contribution in [1.82, 2.24) is 0 Å². The van der Waals surface area contributed by atoms with Gasteiger partial charge in [-0.05, 0) is 28.7 Å². The molecule has 3 aromatic rings. The fourth-order valence-electron chi connectivity index (χ4n) is 6.69. The van der Waals surface area contributed by atoms with Gasteiger partial charge in [-0.25, -0.2) is 0 Å². The van der Waals surface area contributed by atoms with Gasteiger partial charge < -0.3 is 9.47 Å². The van der Waals surface area contributed by atoms with Crippen molar-refractivity contribution in [3.8, 4) is 11.5 Å². The smallest absolute Gasteiger partial charge is 0.127 e. The van der Waals surface area contributed by atoms with Gasteiger partial charge in [0.15, 0.2) is 0 Å². The van der Waals surface area contributed by atoms with Crippen LogP contribution in [0.5, 0.6) is 11.5 Å². The van der Waals surface area contributed by atoms with Gasteiger partial charge in [-0.15, -0.1) is 0 Å². The molecule has 0 radical (unpaired) electrons. The molecule has 8 rings (SSSR count). The van der Waals surface area contributed by atoms with Gasteiger partial charge in [-0.3, -0.25) is 0 Å². The molecule has 2 heteroatoms. The normalized spacial score (nSPS) is 26.0. The molecule has 3 aromatic carbocycles. The van der Waals surface area contributed by atoms with Gasteiger partial charge >= 0.3 is 0 Å². The molecule has 0 N–H and O–H groups in total. The van der Waals surface area contributed by atoms with E-state index in [4.69, 9.17) is 9.47 Å². The summed E-state index contributed by atoms with van der Waals surface area (Å²) in [6, 6.07) is 17.9. The Bertz CT molecular complexity index is 1100. The summed E-state index contributed by atoms with van der Waals surface area (Å²) in [5.74, 6) is 3.53. The van der Waals surface area contributed by atoms with Crippen LogP contribution in [-0.4, -0.2) is 14.2 Å². The van der Waals surface area contributed by atoms with E-state index in [9.17, 15) is 0 Å². The van der Waals surface area contributed by atoms with Crippen LogP contribution in [0.15, 0.2) is 60.7 Å². The van der Waals surface area contributed by atoms with Gasteiger partial charge in [0, 0.05) is 45.9 Å². The average Bonchev–Trinajstić information content (AvgIpc) is 3.39. The molecule has 0 spiro atoms. The molecule has 29 heavy (non-hydrogen) atoms. The Balaban J connectivity index is 1.66. The minimum absolute atomic E-state index is 0.208. The number of hydrogen-bond acceptors (Lipinski definition) is 2. The van der Waals surface area contributed by atoms with Crippen LogP contribution in [0, 0.1) is 0 Å². The third kappa shape index (κ3) is 1.71. The first-order chi connectivity index (χ1) is 14.3. The fraction of sp³-hybridized carbons (Fsp3) is 0.259. The van der Waals surface area contributed by atoms with Gasteiger partial charge in [-0.2, -0.15) is 0 Å². The maximum absolute atomic E-state index is 6.20. The molecule has 0 aliphatic heterocycles. The summed E-state index contributed by atoms with van der Waals surface area (Å²) < 4.78 is 12.4. The predicted molar refractivity (Wildman–Crippen MR) is 114 cm³/mol. The number of rotatable bonds is 2. The monoisotopic (exact) mass is 378 g/mol. The molecule has 4 bridgehead atoms. The molecule has 142 valence electrons. The van der Waals surface area contributed by atoms with E-state index in [1.54, 1.807) is 0 Å². The van der Waals surface area contributed by atoms with Crippen LogP contribution in [0.2, 0.25) is 0 Å². The van der Waals surface area contributed by atoms with Crippen molar-refractivity contribution in [3.63, 3.8) is 0 Å². The van der Waals surface area contributed by atoms with E-state index in [-0.39, 0.29) is 11.8 Å². The summed E-state index contributed by atoms with van der Waals surface area (Å²) in [7, 11) is 3.69. The fourth-order valence-corrected chi connectivity index (χ4v) is 6.69. The molecule has 0 heterocycles. The third-order valence-electron chi connectivity index (χ3n) is 7.61. The second-order valence-corrected chi connectivity index (χ2v) is 8.68. The van der Waals surface area contributed by atoms with Crippen LogP contribution in [0.4, 0.5) is 0 Å². The molecule has 0 amide bonds. The van der Waals surface area contributed by atoms with Crippen molar-refractivity contribution >= 4 is 0 Å². The first-order valence-electron chi connectivity index (χ1n) is 10.5. The Labute approximate surface area is 170 Å². The molecule has 0 fully saturated rings. The van der Waals surface area contributed by atoms with Crippen molar-refractivity contribution in [1.29, 1.82) is 0 Å². The van der Waals surface area contributed by atoms with Gasteiger partial charge in [0.05, 0.1) is 14.2 Å². The lowest BCUT2D eigenvalue weighted by molar-refractivity contribution is 0.383. The highest BCUT2D eigenvalue weighted by molar-refractivity contribution is 5.78. The molecule has 0 saturated carbocycles. The Kier molecular flexibility index (Phi) is 2.91. The highest BCUT2D eigenvalue weighted by Crippen LogP contribution is 2.66. The zero-order valence-corrected chi connectivity index (χ0v) is 16.6. The van der Waals surface area contributed by atoms with Crippen LogP contribution < -0.4 is 9.47 Å². The molecule has 5 aliphatic carbocycles. The minimum atomic E-state index is 0.208. The summed E-state index contributed by atoms with van der Waals surface area (Å²) in [6.07, 6.45) is 5.88. The Morgan fingerprint density at radius 2 is 0.966 bits per heavy atom.